The molecule has 0 bridgehead atoms. The van der Waals surface area contributed by atoms with Crippen molar-refractivity contribution in [1.29, 1.82) is 0 Å². The quantitative estimate of drug-likeness (QED) is 0.641. The van der Waals surface area contributed by atoms with Crippen molar-refractivity contribution in [3.63, 3.8) is 0 Å². The number of fused-ring (bicyclic) bond motifs is 1. The number of benzene rings is 2. The first kappa shape index (κ1) is 15.1. The molecule has 2 unspecified atom stereocenters. The van der Waals surface area contributed by atoms with Crippen molar-refractivity contribution in [2.75, 3.05) is 6.61 Å². The lowest BCUT2D eigenvalue weighted by molar-refractivity contribution is -0.145. The largest absolute Gasteiger partial charge is 0.479 e. The number of aldehydes is 1. The first-order chi connectivity index (χ1) is 11.2. The van der Waals surface area contributed by atoms with Gasteiger partial charge in [-0.3, -0.25) is 9.59 Å². The molecule has 5 nitrogen and oxygen atoms in total. The summed E-state index contributed by atoms with van der Waals surface area (Å²) in [5.74, 6) is 0.657. The monoisotopic (exact) mass is 312 g/mol. The van der Waals surface area contributed by atoms with Gasteiger partial charge in [0, 0.05) is 12.5 Å². The first-order valence-electron chi connectivity index (χ1n) is 7.28. The van der Waals surface area contributed by atoms with Crippen molar-refractivity contribution in [3.05, 3.63) is 59.7 Å². The molecule has 1 aliphatic heterocycles. The van der Waals surface area contributed by atoms with Gasteiger partial charge in [-0.05, 0) is 23.8 Å². The van der Waals surface area contributed by atoms with E-state index < -0.39 is 12.2 Å². The molecule has 0 N–H and O–H groups in total. The lowest BCUT2D eigenvalue weighted by atomic mass is 10.0. The van der Waals surface area contributed by atoms with Crippen LogP contribution in [0.25, 0.3) is 0 Å². The van der Waals surface area contributed by atoms with Crippen LogP contribution >= 0.6 is 0 Å². The minimum atomic E-state index is -0.462. The van der Waals surface area contributed by atoms with Gasteiger partial charge in [-0.25, -0.2) is 0 Å². The van der Waals surface area contributed by atoms with Crippen LogP contribution < -0.4 is 9.47 Å². The Balaban J connectivity index is 1.92. The lowest BCUT2D eigenvalue weighted by Gasteiger charge is -2.34. The molecule has 0 aliphatic carbocycles. The van der Waals surface area contributed by atoms with E-state index in [1.54, 1.807) is 18.2 Å². The zero-order chi connectivity index (χ0) is 16.2. The molecule has 2 aromatic rings. The smallest absolute Gasteiger partial charge is 0.302 e. The fourth-order valence-electron chi connectivity index (χ4n) is 2.47. The third-order valence-electron chi connectivity index (χ3n) is 3.55. The zero-order valence-electron chi connectivity index (χ0n) is 12.6. The minimum Gasteiger partial charge on any atom is -0.479 e. The fourth-order valence-corrected chi connectivity index (χ4v) is 2.47. The number of carbonyl (C=O) groups is 2. The van der Waals surface area contributed by atoms with Gasteiger partial charge in [-0.1, -0.05) is 30.3 Å². The van der Waals surface area contributed by atoms with Crippen LogP contribution in [0.2, 0.25) is 0 Å². The Morgan fingerprint density at radius 3 is 2.61 bits per heavy atom. The van der Waals surface area contributed by atoms with Crippen molar-refractivity contribution in [2.24, 2.45) is 0 Å². The van der Waals surface area contributed by atoms with E-state index in [9.17, 15) is 9.59 Å². The molecule has 0 saturated heterocycles. The molecule has 0 fully saturated rings. The van der Waals surface area contributed by atoms with Gasteiger partial charge in [-0.2, -0.15) is 0 Å². The summed E-state index contributed by atoms with van der Waals surface area (Å²) in [5, 5.41) is 0. The SMILES string of the molecule is CC(=O)OCC1Oc2ccc(C=O)cc2OC1c1ccccc1. The van der Waals surface area contributed by atoms with Crippen molar-refractivity contribution in [2.45, 2.75) is 19.1 Å². The standard InChI is InChI=1S/C18H16O5/c1-12(20)21-11-17-18(14-5-3-2-4-6-14)23-16-9-13(10-19)7-8-15(16)22-17/h2-10,17-18H,11H2,1H3. The maximum Gasteiger partial charge on any atom is 0.302 e. The third-order valence-corrected chi connectivity index (χ3v) is 3.55. The molecule has 2 atom stereocenters. The minimum absolute atomic E-state index is 0.0871. The van der Waals surface area contributed by atoms with E-state index in [0.29, 0.717) is 17.1 Å². The number of hydrogen-bond acceptors (Lipinski definition) is 5. The van der Waals surface area contributed by atoms with Crippen molar-refractivity contribution in [3.8, 4) is 11.5 Å². The highest BCUT2D eigenvalue weighted by Crippen LogP contribution is 2.40. The van der Waals surface area contributed by atoms with Gasteiger partial charge in [0.25, 0.3) is 0 Å². The van der Waals surface area contributed by atoms with Crippen molar-refractivity contribution in [1.82, 2.24) is 0 Å². The normalized spacial score (nSPS) is 19.0. The molecular formula is C18H16O5. The number of ether oxygens (including phenoxy) is 3. The summed E-state index contributed by atoms with van der Waals surface area (Å²) >= 11 is 0. The van der Waals surface area contributed by atoms with Gasteiger partial charge >= 0.3 is 5.97 Å². The maximum atomic E-state index is 11.1. The molecule has 0 saturated carbocycles. The summed E-state index contributed by atoms with van der Waals surface area (Å²) in [4.78, 5) is 22.0. The average Bonchev–Trinajstić information content (AvgIpc) is 2.59. The van der Waals surface area contributed by atoms with Crippen LogP contribution in [0.3, 0.4) is 0 Å². The van der Waals surface area contributed by atoms with Crippen LogP contribution in [0.4, 0.5) is 0 Å². The topological polar surface area (TPSA) is 61.8 Å². The Morgan fingerprint density at radius 2 is 1.91 bits per heavy atom. The molecule has 0 spiro atoms. The van der Waals surface area contributed by atoms with E-state index >= 15 is 0 Å². The fraction of sp³-hybridized carbons (Fsp3) is 0.222. The number of carbonyl (C=O) groups excluding carboxylic acids is 2. The van der Waals surface area contributed by atoms with Crippen LogP contribution in [-0.4, -0.2) is 25.0 Å². The highest BCUT2D eigenvalue weighted by atomic mass is 16.6. The Bertz CT molecular complexity index is 711. The summed E-state index contributed by atoms with van der Waals surface area (Å²) in [6, 6.07) is 14.5. The number of hydrogen-bond donors (Lipinski definition) is 0. The van der Waals surface area contributed by atoms with Crippen LogP contribution in [0.5, 0.6) is 11.5 Å². The third kappa shape index (κ3) is 3.34. The summed E-state index contributed by atoms with van der Waals surface area (Å²) in [6.07, 6.45) is -0.132. The van der Waals surface area contributed by atoms with Crippen molar-refractivity contribution >= 4 is 12.3 Å². The lowest BCUT2D eigenvalue weighted by Crippen LogP contribution is -2.37. The predicted molar refractivity (Wildman–Crippen MR) is 82.7 cm³/mol. The number of rotatable bonds is 4. The van der Waals surface area contributed by atoms with Gasteiger partial charge in [-0.15, -0.1) is 0 Å². The first-order valence-corrected chi connectivity index (χ1v) is 7.28. The molecule has 118 valence electrons. The highest BCUT2D eigenvalue weighted by Gasteiger charge is 2.33. The second-order valence-electron chi connectivity index (χ2n) is 5.23. The molecule has 0 radical (unpaired) electrons. The molecule has 2 aromatic carbocycles. The molecule has 5 heteroatoms. The van der Waals surface area contributed by atoms with Crippen molar-refractivity contribution < 1.29 is 23.8 Å². The van der Waals surface area contributed by atoms with E-state index in [2.05, 4.69) is 0 Å². The van der Waals surface area contributed by atoms with E-state index in [1.807, 2.05) is 30.3 Å². The van der Waals surface area contributed by atoms with Crippen LogP contribution in [0.15, 0.2) is 48.5 Å². The van der Waals surface area contributed by atoms with Gasteiger partial charge in [0.15, 0.2) is 23.7 Å². The molecule has 1 aliphatic rings. The van der Waals surface area contributed by atoms with Crippen LogP contribution in [-0.2, 0) is 9.53 Å². The van der Waals surface area contributed by atoms with Gasteiger partial charge in [0.05, 0.1) is 0 Å². The second-order valence-corrected chi connectivity index (χ2v) is 5.23. The average molecular weight is 312 g/mol. The molecule has 0 amide bonds. The Morgan fingerprint density at radius 1 is 1.13 bits per heavy atom. The summed E-state index contributed by atoms with van der Waals surface area (Å²) in [7, 11) is 0. The van der Waals surface area contributed by atoms with E-state index in [0.717, 1.165) is 11.8 Å². The molecule has 0 aromatic heterocycles. The van der Waals surface area contributed by atoms with Gasteiger partial charge in [0.2, 0.25) is 0 Å². The Kier molecular flexibility index (Phi) is 4.28. The van der Waals surface area contributed by atoms with Crippen LogP contribution in [0, 0.1) is 0 Å². The summed E-state index contributed by atoms with van der Waals surface area (Å²) < 4.78 is 17.1. The highest BCUT2D eigenvalue weighted by molar-refractivity contribution is 5.76. The summed E-state index contributed by atoms with van der Waals surface area (Å²) in [5.41, 5.74) is 1.42. The zero-order valence-corrected chi connectivity index (χ0v) is 12.6. The summed E-state index contributed by atoms with van der Waals surface area (Å²) in [6.45, 7) is 1.44. The predicted octanol–water partition coefficient (Wildman–Crippen LogP) is 2.94. The van der Waals surface area contributed by atoms with Gasteiger partial charge in [0.1, 0.15) is 12.9 Å². The van der Waals surface area contributed by atoms with E-state index in [1.165, 1.54) is 6.92 Å². The molecule has 1 heterocycles. The number of esters is 1. The molecular weight excluding hydrogens is 296 g/mol. The Labute approximate surface area is 133 Å². The Hall–Kier alpha value is -2.82. The molecule has 3 rings (SSSR count). The van der Waals surface area contributed by atoms with Gasteiger partial charge < -0.3 is 14.2 Å². The van der Waals surface area contributed by atoms with E-state index in [-0.39, 0.29) is 12.6 Å². The van der Waals surface area contributed by atoms with Crippen LogP contribution in [0.1, 0.15) is 28.9 Å². The van der Waals surface area contributed by atoms with E-state index in [4.69, 9.17) is 14.2 Å². The molecule has 23 heavy (non-hydrogen) atoms. The maximum absolute atomic E-state index is 11.1. The second kappa shape index (κ2) is 6.52.